The fourth-order valence-corrected chi connectivity index (χ4v) is 5.00. The second kappa shape index (κ2) is 11.3. The van der Waals surface area contributed by atoms with Crippen LogP contribution in [0.2, 0.25) is 5.02 Å². The van der Waals surface area contributed by atoms with Gasteiger partial charge < -0.3 is 25.0 Å². The summed E-state index contributed by atoms with van der Waals surface area (Å²) in [6.07, 6.45) is 3.41. The Morgan fingerprint density at radius 3 is 2.66 bits per heavy atom. The summed E-state index contributed by atoms with van der Waals surface area (Å²) in [5.74, 6) is 1.17. The molecule has 2 N–H and O–H groups in total. The lowest BCUT2D eigenvalue weighted by Gasteiger charge is -2.32. The molecular weight excluding hydrogens is 510 g/mol. The number of aromatic nitrogens is 4. The van der Waals surface area contributed by atoms with Gasteiger partial charge in [0.15, 0.2) is 5.82 Å². The van der Waals surface area contributed by atoms with Crippen molar-refractivity contribution in [3.05, 3.63) is 39.9 Å². The molecular formula is C26H36ClN7O4. The van der Waals surface area contributed by atoms with Crippen molar-refractivity contribution < 1.29 is 14.6 Å². The second-order valence-corrected chi connectivity index (χ2v) is 10.8. The molecule has 0 radical (unpaired) electrons. The molecule has 1 aromatic carbocycles. The van der Waals surface area contributed by atoms with E-state index < -0.39 is 5.60 Å². The lowest BCUT2D eigenvalue weighted by Crippen LogP contribution is -2.40. The summed E-state index contributed by atoms with van der Waals surface area (Å²) >= 11 is 6.44. The molecule has 1 saturated heterocycles. The number of nitrogens with zero attached hydrogens (tertiary/aromatic N) is 6. The lowest BCUT2D eigenvalue weighted by molar-refractivity contribution is -0.133. The number of rotatable bonds is 9. The van der Waals surface area contributed by atoms with Crippen LogP contribution in [0.15, 0.2) is 29.2 Å². The van der Waals surface area contributed by atoms with E-state index in [1.165, 1.54) is 7.11 Å². The van der Waals surface area contributed by atoms with Gasteiger partial charge in [-0.1, -0.05) is 11.6 Å². The number of carbonyl (C=O) groups excluding carboxylic acids is 1. The smallest absolute Gasteiger partial charge is 0.328 e. The van der Waals surface area contributed by atoms with E-state index >= 15 is 0 Å². The largest absolute Gasteiger partial charge is 0.388 e. The third-order valence-electron chi connectivity index (χ3n) is 7.04. The van der Waals surface area contributed by atoms with Crippen molar-refractivity contribution in [1.29, 1.82) is 0 Å². The molecule has 0 bridgehead atoms. The van der Waals surface area contributed by atoms with Crippen LogP contribution in [0.25, 0.3) is 11.0 Å². The third kappa shape index (κ3) is 5.95. The number of amides is 1. The number of hydrogen-bond acceptors (Lipinski definition) is 8. The van der Waals surface area contributed by atoms with Gasteiger partial charge in [0.2, 0.25) is 11.9 Å². The summed E-state index contributed by atoms with van der Waals surface area (Å²) < 4.78 is 8.33. The molecule has 206 valence electrons. The average molecular weight is 546 g/mol. The summed E-state index contributed by atoms with van der Waals surface area (Å²) in [5, 5.41) is 14.2. The number of hydrogen-bond donors (Lipinski definition) is 2. The maximum absolute atomic E-state index is 12.9. The maximum Gasteiger partial charge on any atom is 0.328 e. The van der Waals surface area contributed by atoms with Crippen LogP contribution in [0.5, 0.6) is 0 Å². The molecule has 1 amide bonds. The molecule has 0 spiro atoms. The number of aryl methyl sites for hydroxylation is 2. The fraction of sp³-hybridized carbons (Fsp3) is 0.538. The molecule has 1 aliphatic rings. The van der Waals surface area contributed by atoms with Crippen LogP contribution in [0, 0.1) is 5.92 Å². The standard InChI is InChI=1S/C26H36ClN7O4/c1-26(37,16-38-5)10-13-34-21-14-18(6-7-20(21)32(4)25(34)36)29-22-19(27)15-28-24(30-22)33-11-8-17(9-12-33)23(35)31(2)3/h6-7,14-15,17,37H,8-13,16H2,1-5H3,(H,28,29,30). The summed E-state index contributed by atoms with van der Waals surface area (Å²) in [6, 6.07) is 5.60. The number of imidazole rings is 1. The first-order valence-corrected chi connectivity index (χ1v) is 13.0. The first-order valence-electron chi connectivity index (χ1n) is 12.7. The van der Waals surface area contributed by atoms with Gasteiger partial charge in [-0.15, -0.1) is 0 Å². The molecule has 12 heteroatoms. The van der Waals surface area contributed by atoms with Gasteiger partial charge in [-0.3, -0.25) is 13.9 Å². The number of methoxy groups -OCH3 is 1. The Kier molecular flexibility index (Phi) is 8.29. The summed E-state index contributed by atoms with van der Waals surface area (Å²) in [7, 11) is 6.83. The van der Waals surface area contributed by atoms with Gasteiger partial charge >= 0.3 is 5.69 Å². The summed E-state index contributed by atoms with van der Waals surface area (Å²) in [4.78, 5) is 38.0. The molecule has 1 fully saturated rings. The minimum absolute atomic E-state index is 0.0135. The molecule has 4 rings (SSSR count). The van der Waals surface area contributed by atoms with E-state index in [1.807, 2.05) is 18.2 Å². The molecule has 3 heterocycles. The Morgan fingerprint density at radius 2 is 2.00 bits per heavy atom. The molecule has 3 aromatic rings. The normalized spacial score (nSPS) is 16.0. The van der Waals surface area contributed by atoms with Gasteiger partial charge in [-0.2, -0.15) is 4.98 Å². The number of ether oxygens (including phenoxy) is 1. The maximum atomic E-state index is 12.9. The van der Waals surface area contributed by atoms with Crippen molar-refractivity contribution in [3.8, 4) is 0 Å². The van der Waals surface area contributed by atoms with Crippen molar-refractivity contribution in [1.82, 2.24) is 24.0 Å². The number of aliphatic hydroxyl groups is 1. The molecule has 1 aliphatic heterocycles. The highest BCUT2D eigenvalue weighted by molar-refractivity contribution is 6.32. The molecule has 1 atom stereocenters. The zero-order valence-corrected chi connectivity index (χ0v) is 23.3. The van der Waals surface area contributed by atoms with E-state index in [0.717, 1.165) is 23.9 Å². The van der Waals surface area contributed by atoms with Crippen molar-refractivity contribution in [2.24, 2.45) is 13.0 Å². The number of fused-ring (bicyclic) bond motifs is 1. The monoisotopic (exact) mass is 545 g/mol. The minimum Gasteiger partial charge on any atom is -0.388 e. The molecule has 38 heavy (non-hydrogen) atoms. The minimum atomic E-state index is -1.05. The second-order valence-electron chi connectivity index (χ2n) is 10.4. The fourth-order valence-electron chi connectivity index (χ4n) is 4.87. The van der Waals surface area contributed by atoms with E-state index in [2.05, 4.69) is 20.2 Å². The van der Waals surface area contributed by atoms with Crippen molar-refractivity contribution in [3.63, 3.8) is 0 Å². The number of carbonyl (C=O) groups is 1. The number of anilines is 3. The molecule has 11 nitrogen and oxygen atoms in total. The van der Waals surface area contributed by atoms with Crippen molar-refractivity contribution >= 4 is 46.0 Å². The first-order chi connectivity index (χ1) is 18.0. The lowest BCUT2D eigenvalue weighted by atomic mass is 9.96. The van der Waals surface area contributed by atoms with Crippen molar-refractivity contribution in [2.75, 3.05) is 51.1 Å². The Balaban J connectivity index is 1.54. The van der Waals surface area contributed by atoms with Crippen LogP contribution < -0.4 is 15.9 Å². The molecule has 2 aromatic heterocycles. The Bertz CT molecular complexity index is 1360. The summed E-state index contributed by atoms with van der Waals surface area (Å²) in [5.41, 5.74) is 1.00. The number of halogens is 1. The Morgan fingerprint density at radius 1 is 1.29 bits per heavy atom. The van der Waals surface area contributed by atoms with Gasteiger partial charge in [-0.25, -0.2) is 9.78 Å². The predicted octanol–water partition coefficient (Wildman–Crippen LogP) is 2.62. The zero-order valence-electron chi connectivity index (χ0n) is 22.6. The van der Waals surface area contributed by atoms with Crippen LogP contribution in [0.3, 0.4) is 0 Å². The zero-order chi connectivity index (χ0) is 27.6. The van der Waals surface area contributed by atoms with E-state index in [9.17, 15) is 14.7 Å². The van der Waals surface area contributed by atoms with E-state index in [4.69, 9.17) is 16.3 Å². The Labute approximate surface area is 227 Å². The number of nitrogens with one attached hydrogen (secondary N) is 1. The molecule has 0 saturated carbocycles. The number of benzene rings is 1. The molecule has 0 aliphatic carbocycles. The number of piperidine rings is 1. The van der Waals surface area contributed by atoms with Gasteiger partial charge in [-0.05, 0) is 44.4 Å². The van der Waals surface area contributed by atoms with Crippen molar-refractivity contribution in [2.45, 2.75) is 38.3 Å². The first kappa shape index (κ1) is 27.9. The van der Waals surface area contributed by atoms with Crippen LogP contribution in [0.4, 0.5) is 17.5 Å². The highest BCUT2D eigenvalue weighted by Gasteiger charge is 2.27. The van der Waals surface area contributed by atoms with Crippen LogP contribution in [-0.2, 0) is 23.1 Å². The van der Waals surface area contributed by atoms with Gasteiger partial charge in [0.1, 0.15) is 5.02 Å². The van der Waals surface area contributed by atoms with Gasteiger partial charge in [0.05, 0.1) is 29.4 Å². The molecule has 1 unspecified atom stereocenters. The van der Waals surface area contributed by atoms with E-state index in [0.29, 0.717) is 48.5 Å². The quantitative estimate of drug-likeness (QED) is 0.421. The topological polar surface area (TPSA) is 118 Å². The SMILES string of the molecule is COCC(C)(O)CCn1c(=O)n(C)c2ccc(Nc3nc(N4CCC(C(=O)N(C)C)CC4)ncc3Cl)cc21. The van der Waals surface area contributed by atoms with Gasteiger partial charge in [0.25, 0.3) is 0 Å². The van der Waals surface area contributed by atoms with Crippen LogP contribution in [-0.4, -0.2) is 81.5 Å². The van der Waals surface area contributed by atoms with Crippen LogP contribution in [0.1, 0.15) is 26.2 Å². The van der Waals surface area contributed by atoms with E-state index in [1.54, 1.807) is 48.3 Å². The van der Waals surface area contributed by atoms with Crippen LogP contribution >= 0.6 is 11.6 Å². The van der Waals surface area contributed by atoms with E-state index in [-0.39, 0.29) is 24.1 Å². The predicted molar refractivity (Wildman–Crippen MR) is 148 cm³/mol. The highest BCUT2D eigenvalue weighted by atomic mass is 35.5. The Hall–Kier alpha value is -3.15. The summed E-state index contributed by atoms with van der Waals surface area (Å²) in [6.45, 7) is 3.57. The third-order valence-corrected chi connectivity index (χ3v) is 7.31. The highest BCUT2D eigenvalue weighted by Crippen LogP contribution is 2.29. The average Bonchev–Trinajstić information content (AvgIpc) is 3.12. The van der Waals surface area contributed by atoms with Gasteiger partial charge in [0, 0.05) is 59.5 Å².